The number of carboxylic acids is 1. The van der Waals surface area contributed by atoms with E-state index in [-0.39, 0.29) is 10.8 Å². The number of aromatic carboxylic acids is 1. The van der Waals surface area contributed by atoms with Crippen LogP contribution in [-0.2, 0) is 4.79 Å². The van der Waals surface area contributed by atoms with Gasteiger partial charge in [-0.25, -0.2) is 4.79 Å². The maximum atomic E-state index is 12.0. The summed E-state index contributed by atoms with van der Waals surface area (Å²) in [7, 11) is 0. The fourth-order valence-electron chi connectivity index (χ4n) is 1.65. The van der Waals surface area contributed by atoms with Crippen LogP contribution in [0.5, 0.6) is 0 Å². The Morgan fingerprint density at radius 1 is 1.00 bits per heavy atom. The molecule has 2 rings (SSSR count). The Labute approximate surface area is 124 Å². The predicted octanol–water partition coefficient (Wildman–Crippen LogP) is 2.66. The Hall–Kier alpha value is -2.67. The van der Waals surface area contributed by atoms with E-state index >= 15 is 0 Å². The molecule has 2 aromatic rings. The third-order valence-electron chi connectivity index (χ3n) is 2.48. The zero-order valence-corrected chi connectivity index (χ0v) is 11.9. The molecule has 7 heteroatoms. The van der Waals surface area contributed by atoms with Crippen LogP contribution in [0.3, 0.4) is 0 Å². The van der Waals surface area contributed by atoms with Crippen molar-refractivity contribution in [2.75, 3.05) is 10.6 Å². The van der Waals surface area contributed by atoms with Crippen molar-refractivity contribution >= 4 is 40.5 Å². The van der Waals surface area contributed by atoms with Crippen molar-refractivity contribution in [3.63, 3.8) is 0 Å². The molecule has 2 amide bonds. The minimum atomic E-state index is -1.06. The van der Waals surface area contributed by atoms with Gasteiger partial charge in [0, 0.05) is 18.3 Å². The summed E-state index contributed by atoms with van der Waals surface area (Å²) in [6, 6.07) is 9.53. The smallest absolute Gasteiger partial charge is 0.345 e. The maximum absolute atomic E-state index is 12.0. The summed E-state index contributed by atoms with van der Waals surface area (Å²) in [5.41, 5.74) is 1.08. The zero-order chi connectivity index (χ0) is 15.4. The largest absolute Gasteiger partial charge is 0.477 e. The quantitative estimate of drug-likeness (QED) is 0.809. The van der Waals surface area contributed by atoms with Crippen molar-refractivity contribution in [2.24, 2.45) is 0 Å². The second kappa shape index (κ2) is 6.19. The molecule has 0 aliphatic heterocycles. The minimum Gasteiger partial charge on any atom is -0.477 e. The fraction of sp³-hybridized carbons (Fsp3) is 0.0714. The first-order valence-corrected chi connectivity index (χ1v) is 6.79. The molecule has 0 saturated carbocycles. The van der Waals surface area contributed by atoms with Crippen molar-refractivity contribution in [1.82, 2.24) is 0 Å². The summed E-state index contributed by atoms with van der Waals surface area (Å²) in [6.07, 6.45) is 0. The van der Waals surface area contributed by atoms with Gasteiger partial charge in [-0.05, 0) is 30.3 Å². The van der Waals surface area contributed by atoms with E-state index in [2.05, 4.69) is 10.6 Å². The van der Waals surface area contributed by atoms with Crippen LogP contribution in [-0.4, -0.2) is 22.9 Å². The first-order chi connectivity index (χ1) is 9.95. The van der Waals surface area contributed by atoms with Gasteiger partial charge in [-0.15, -0.1) is 11.3 Å². The Morgan fingerprint density at radius 3 is 2.19 bits per heavy atom. The highest BCUT2D eigenvalue weighted by Gasteiger charge is 2.13. The molecule has 0 aliphatic carbocycles. The summed E-state index contributed by atoms with van der Waals surface area (Å²) < 4.78 is 0. The van der Waals surface area contributed by atoms with Crippen LogP contribution in [0.15, 0.2) is 36.4 Å². The van der Waals surface area contributed by atoms with Gasteiger partial charge in [0.1, 0.15) is 4.88 Å². The Kier molecular flexibility index (Phi) is 4.34. The number of carboxylic acid groups (broad SMARTS) is 1. The summed E-state index contributed by atoms with van der Waals surface area (Å²) in [5, 5.41) is 14.1. The lowest BCUT2D eigenvalue weighted by molar-refractivity contribution is -0.114. The molecular formula is C14H12N2O4S. The summed E-state index contributed by atoms with van der Waals surface area (Å²) in [4.78, 5) is 34.2. The van der Waals surface area contributed by atoms with Gasteiger partial charge >= 0.3 is 5.97 Å². The number of benzene rings is 1. The lowest BCUT2D eigenvalue weighted by atomic mass is 10.2. The molecule has 0 unspecified atom stereocenters. The number of amides is 2. The Morgan fingerprint density at radius 2 is 1.62 bits per heavy atom. The lowest BCUT2D eigenvalue weighted by Gasteiger charge is -2.06. The molecule has 3 N–H and O–H groups in total. The molecule has 1 aromatic heterocycles. The van der Waals surface area contributed by atoms with Gasteiger partial charge in [0.2, 0.25) is 5.91 Å². The third kappa shape index (κ3) is 3.90. The zero-order valence-electron chi connectivity index (χ0n) is 11.0. The van der Waals surface area contributed by atoms with Crippen molar-refractivity contribution in [2.45, 2.75) is 6.92 Å². The van der Waals surface area contributed by atoms with Crippen LogP contribution >= 0.6 is 11.3 Å². The number of rotatable bonds is 4. The van der Waals surface area contributed by atoms with Crippen molar-refractivity contribution in [1.29, 1.82) is 0 Å². The molecule has 1 aromatic carbocycles. The molecule has 21 heavy (non-hydrogen) atoms. The van der Waals surface area contributed by atoms with Crippen molar-refractivity contribution in [3.05, 3.63) is 46.2 Å². The second-order valence-electron chi connectivity index (χ2n) is 4.19. The highest BCUT2D eigenvalue weighted by atomic mass is 32.1. The molecule has 0 saturated heterocycles. The second-order valence-corrected chi connectivity index (χ2v) is 5.27. The van der Waals surface area contributed by atoms with E-state index in [1.807, 2.05) is 0 Å². The van der Waals surface area contributed by atoms with Crippen LogP contribution in [0.4, 0.5) is 11.4 Å². The third-order valence-corrected chi connectivity index (χ3v) is 3.55. The van der Waals surface area contributed by atoms with Gasteiger partial charge in [-0.2, -0.15) is 0 Å². The molecule has 0 fully saturated rings. The number of thiophene rings is 1. The number of anilines is 2. The molecule has 6 nitrogen and oxygen atoms in total. The van der Waals surface area contributed by atoms with E-state index in [9.17, 15) is 14.4 Å². The number of carbonyl (C=O) groups is 3. The lowest BCUT2D eigenvalue weighted by Crippen LogP contribution is -2.11. The molecule has 0 spiro atoms. The van der Waals surface area contributed by atoms with Crippen LogP contribution in [0.25, 0.3) is 0 Å². The van der Waals surface area contributed by atoms with Gasteiger partial charge in [-0.1, -0.05) is 6.07 Å². The monoisotopic (exact) mass is 304 g/mol. The number of nitrogens with one attached hydrogen (secondary N) is 2. The van der Waals surface area contributed by atoms with Gasteiger partial charge < -0.3 is 15.7 Å². The van der Waals surface area contributed by atoms with Crippen LogP contribution in [0, 0.1) is 0 Å². The first-order valence-electron chi connectivity index (χ1n) is 5.98. The minimum absolute atomic E-state index is 0.104. The predicted molar refractivity (Wildman–Crippen MR) is 80.0 cm³/mol. The van der Waals surface area contributed by atoms with E-state index in [4.69, 9.17) is 5.11 Å². The number of carbonyl (C=O) groups excluding carboxylic acids is 2. The van der Waals surface area contributed by atoms with E-state index in [0.717, 1.165) is 11.3 Å². The summed E-state index contributed by atoms with van der Waals surface area (Å²) in [5.74, 6) is -1.66. The van der Waals surface area contributed by atoms with Crippen LogP contribution < -0.4 is 10.6 Å². The molecule has 0 atom stereocenters. The average molecular weight is 304 g/mol. The normalized spacial score (nSPS) is 9.95. The van der Waals surface area contributed by atoms with Gasteiger partial charge in [0.15, 0.2) is 0 Å². The highest BCUT2D eigenvalue weighted by molar-refractivity contribution is 7.15. The average Bonchev–Trinajstić information content (AvgIpc) is 2.88. The fourth-order valence-corrected chi connectivity index (χ4v) is 2.39. The van der Waals surface area contributed by atoms with Crippen molar-refractivity contribution in [3.8, 4) is 0 Å². The molecular weight excluding hydrogens is 292 g/mol. The molecule has 1 heterocycles. The van der Waals surface area contributed by atoms with E-state index in [1.54, 1.807) is 24.3 Å². The summed E-state index contributed by atoms with van der Waals surface area (Å²) in [6.45, 7) is 1.39. The van der Waals surface area contributed by atoms with E-state index in [1.165, 1.54) is 19.1 Å². The standard InChI is InChI=1S/C14H12N2O4S/c1-8(17)15-9-3-2-4-10(7-9)16-13(18)11-5-6-12(21-11)14(19)20/h2-7H,1H3,(H,15,17)(H,16,18)(H,19,20). The van der Waals surface area contributed by atoms with Gasteiger partial charge in [0.25, 0.3) is 5.91 Å². The van der Waals surface area contributed by atoms with Crippen molar-refractivity contribution < 1.29 is 19.5 Å². The van der Waals surface area contributed by atoms with Gasteiger partial charge in [0.05, 0.1) is 4.88 Å². The number of hydrogen-bond donors (Lipinski definition) is 3. The van der Waals surface area contributed by atoms with Crippen LogP contribution in [0.1, 0.15) is 26.3 Å². The SMILES string of the molecule is CC(=O)Nc1cccc(NC(=O)c2ccc(C(=O)O)s2)c1. The molecule has 0 radical (unpaired) electrons. The van der Waals surface area contributed by atoms with E-state index < -0.39 is 11.9 Å². The molecule has 0 bridgehead atoms. The van der Waals surface area contributed by atoms with E-state index in [0.29, 0.717) is 16.3 Å². The highest BCUT2D eigenvalue weighted by Crippen LogP contribution is 2.20. The number of hydrogen-bond acceptors (Lipinski definition) is 4. The first kappa shape index (κ1) is 14.7. The topological polar surface area (TPSA) is 95.5 Å². The maximum Gasteiger partial charge on any atom is 0.345 e. The Balaban J connectivity index is 2.11. The molecule has 108 valence electrons. The Bertz CT molecular complexity index is 709. The summed E-state index contributed by atoms with van der Waals surface area (Å²) >= 11 is 0.902. The molecule has 0 aliphatic rings. The van der Waals surface area contributed by atoms with Gasteiger partial charge in [-0.3, -0.25) is 9.59 Å². The van der Waals surface area contributed by atoms with Crippen LogP contribution in [0.2, 0.25) is 0 Å².